The lowest BCUT2D eigenvalue weighted by Gasteiger charge is -2.01. The van der Waals surface area contributed by atoms with Gasteiger partial charge < -0.3 is 14.6 Å². The van der Waals surface area contributed by atoms with Gasteiger partial charge in [0, 0.05) is 0 Å². The first-order valence-electron chi connectivity index (χ1n) is 3.65. The predicted molar refractivity (Wildman–Crippen MR) is 39.2 cm³/mol. The second-order valence-corrected chi connectivity index (χ2v) is 1.89. The molecule has 0 aliphatic carbocycles. The molecule has 4 nitrogen and oxygen atoms in total. The maximum absolute atomic E-state index is 10.6. The maximum Gasteiger partial charge on any atom is 0.308 e. The van der Waals surface area contributed by atoms with Crippen molar-refractivity contribution in [2.75, 3.05) is 26.4 Å². The first kappa shape index (κ1) is 10.4. The van der Waals surface area contributed by atoms with Crippen LogP contribution in [0, 0.1) is 0 Å². The third-order valence-corrected chi connectivity index (χ3v) is 0.991. The normalized spacial score (nSPS) is 9.64. The molecule has 0 fully saturated rings. The van der Waals surface area contributed by atoms with Crippen LogP contribution in [0.1, 0.15) is 13.3 Å². The average molecular weight is 162 g/mol. The number of hydrogen-bond acceptors (Lipinski definition) is 4. The molecule has 0 aliphatic heterocycles. The van der Waals surface area contributed by atoms with E-state index in [-0.39, 0.29) is 25.6 Å². The lowest BCUT2D eigenvalue weighted by Crippen LogP contribution is -2.09. The van der Waals surface area contributed by atoms with E-state index in [9.17, 15) is 4.79 Å². The molecule has 0 aromatic rings. The van der Waals surface area contributed by atoms with E-state index in [4.69, 9.17) is 9.84 Å². The summed E-state index contributed by atoms with van der Waals surface area (Å²) in [6.45, 7) is 2.74. The molecule has 0 radical (unpaired) electrons. The van der Waals surface area contributed by atoms with Gasteiger partial charge in [0.1, 0.15) is 0 Å². The van der Waals surface area contributed by atoms with E-state index < -0.39 is 0 Å². The Hall–Kier alpha value is -0.610. The molecule has 0 rings (SSSR count). The average Bonchev–Trinajstić information content (AvgIpc) is 1.99. The van der Waals surface area contributed by atoms with Gasteiger partial charge in [0.2, 0.25) is 0 Å². The number of ether oxygens (including phenoxy) is 2. The van der Waals surface area contributed by atoms with Gasteiger partial charge in [-0.15, -0.1) is 0 Å². The molecule has 0 aromatic carbocycles. The fraction of sp³-hybridized carbons (Fsp3) is 0.857. The highest BCUT2D eigenvalue weighted by Gasteiger charge is 1.99. The first-order chi connectivity index (χ1) is 5.31. The minimum Gasteiger partial charge on any atom is -0.466 e. The van der Waals surface area contributed by atoms with Gasteiger partial charge in [-0.05, 0) is 6.92 Å². The van der Waals surface area contributed by atoms with Crippen LogP contribution in [0.15, 0.2) is 0 Å². The molecule has 1 N–H and O–H groups in total. The largest absolute Gasteiger partial charge is 0.466 e. The zero-order valence-corrected chi connectivity index (χ0v) is 6.71. The van der Waals surface area contributed by atoms with Crippen LogP contribution in [-0.4, -0.2) is 37.5 Å². The van der Waals surface area contributed by atoms with Crippen LogP contribution < -0.4 is 0 Å². The zero-order valence-electron chi connectivity index (χ0n) is 6.71. The lowest BCUT2D eigenvalue weighted by molar-refractivity contribution is -0.144. The Balaban J connectivity index is 3.04. The Labute approximate surface area is 66.1 Å². The molecular formula is C7H14O4. The van der Waals surface area contributed by atoms with Crippen molar-refractivity contribution < 1.29 is 19.4 Å². The van der Waals surface area contributed by atoms with Gasteiger partial charge >= 0.3 is 5.97 Å². The maximum atomic E-state index is 10.6. The second kappa shape index (κ2) is 7.50. The third-order valence-electron chi connectivity index (χ3n) is 0.991. The number of hydrogen-bond donors (Lipinski definition) is 1. The summed E-state index contributed by atoms with van der Waals surface area (Å²) in [6, 6.07) is 0. The standard InChI is InChI=1S/C7H14O4/c1-2-11-7(9)3-5-10-6-4-8/h8H,2-6H2,1H3. The van der Waals surface area contributed by atoms with E-state index in [1.54, 1.807) is 6.92 Å². The second-order valence-electron chi connectivity index (χ2n) is 1.89. The lowest BCUT2D eigenvalue weighted by atomic mass is 10.5. The van der Waals surface area contributed by atoms with Crippen LogP contribution in [0.3, 0.4) is 0 Å². The van der Waals surface area contributed by atoms with E-state index in [1.165, 1.54) is 0 Å². The van der Waals surface area contributed by atoms with Gasteiger partial charge in [0.25, 0.3) is 0 Å². The highest BCUT2D eigenvalue weighted by Crippen LogP contribution is 1.87. The van der Waals surface area contributed by atoms with Crippen molar-refractivity contribution in [2.45, 2.75) is 13.3 Å². The van der Waals surface area contributed by atoms with Crippen LogP contribution in [0.4, 0.5) is 0 Å². The molecule has 0 amide bonds. The first-order valence-corrected chi connectivity index (χ1v) is 3.65. The molecule has 0 aromatic heterocycles. The van der Waals surface area contributed by atoms with E-state index in [2.05, 4.69) is 4.74 Å². The molecule has 0 spiro atoms. The Morgan fingerprint density at radius 1 is 1.45 bits per heavy atom. The Morgan fingerprint density at radius 2 is 2.18 bits per heavy atom. The fourth-order valence-corrected chi connectivity index (χ4v) is 0.555. The van der Waals surface area contributed by atoms with Crippen molar-refractivity contribution in [3.8, 4) is 0 Å². The SMILES string of the molecule is CCOC(=O)CCOCCO. The minimum absolute atomic E-state index is 0.0111. The molecule has 0 saturated carbocycles. The molecule has 0 atom stereocenters. The quantitative estimate of drug-likeness (QED) is 0.439. The topological polar surface area (TPSA) is 55.8 Å². The number of carbonyl (C=O) groups excluding carboxylic acids is 1. The molecule has 0 aliphatic rings. The molecule has 66 valence electrons. The highest BCUT2D eigenvalue weighted by atomic mass is 16.5. The summed E-state index contributed by atoms with van der Waals surface area (Å²) >= 11 is 0. The van der Waals surface area contributed by atoms with Gasteiger partial charge in [-0.3, -0.25) is 4.79 Å². The van der Waals surface area contributed by atoms with Crippen molar-refractivity contribution in [1.29, 1.82) is 0 Å². The molecular weight excluding hydrogens is 148 g/mol. The van der Waals surface area contributed by atoms with E-state index in [0.717, 1.165) is 0 Å². The summed E-state index contributed by atoms with van der Waals surface area (Å²) in [5.41, 5.74) is 0. The Kier molecular flexibility index (Phi) is 7.08. The summed E-state index contributed by atoms with van der Waals surface area (Å²) in [6.07, 6.45) is 0.258. The predicted octanol–water partition coefficient (Wildman–Crippen LogP) is -0.0515. The van der Waals surface area contributed by atoms with Gasteiger partial charge in [-0.1, -0.05) is 0 Å². The van der Waals surface area contributed by atoms with Crippen molar-refractivity contribution in [3.63, 3.8) is 0 Å². The van der Waals surface area contributed by atoms with Gasteiger partial charge in [0.15, 0.2) is 0 Å². The molecule has 11 heavy (non-hydrogen) atoms. The number of aliphatic hydroxyl groups is 1. The van der Waals surface area contributed by atoms with Crippen molar-refractivity contribution >= 4 is 5.97 Å². The van der Waals surface area contributed by atoms with Crippen LogP contribution in [0.2, 0.25) is 0 Å². The molecule has 4 heteroatoms. The number of aliphatic hydroxyl groups excluding tert-OH is 1. The molecule has 0 unspecified atom stereocenters. The Morgan fingerprint density at radius 3 is 2.73 bits per heavy atom. The summed E-state index contributed by atoms with van der Waals surface area (Å²) in [4.78, 5) is 10.6. The van der Waals surface area contributed by atoms with E-state index in [0.29, 0.717) is 13.2 Å². The third kappa shape index (κ3) is 7.29. The zero-order chi connectivity index (χ0) is 8.53. The summed E-state index contributed by atoms with van der Waals surface area (Å²) in [5, 5.41) is 8.29. The highest BCUT2D eigenvalue weighted by molar-refractivity contribution is 5.69. The van der Waals surface area contributed by atoms with Crippen LogP contribution in [0.25, 0.3) is 0 Å². The Bertz CT molecular complexity index is 103. The van der Waals surface area contributed by atoms with Crippen LogP contribution >= 0.6 is 0 Å². The molecule has 0 bridgehead atoms. The molecule has 0 heterocycles. The van der Waals surface area contributed by atoms with Crippen molar-refractivity contribution in [2.24, 2.45) is 0 Å². The van der Waals surface area contributed by atoms with Gasteiger partial charge in [-0.2, -0.15) is 0 Å². The summed E-state index contributed by atoms with van der Waals surface area (Å²) in [7, 11) is 0. The van der Waals surface area contributed by atoms with Gasteiger partial charge in [-0.25, -0.2) is 0 Å². The van der Waals surface area contributed by atoms with Crippen LogP contribution in [-0.2, 0) is 14.3 Å². The molecule has 0 saturated heterocycles. The summed E-state index contributed by atoms with van der Waals surface area (Å²) in [5.74, 6) is -0.259. The minimum atomic E-state index is -0.259. The van der Waals surface area contributed by atoms with Crippen LogP contribution in [0.5, 0.6) is 0 Å². The monoisotopic (exact) mass is 162 g/mol. The van der Waals surface area contributed by atoms with Crippen molar-refractivity contribution in [3.05, 3.63) is 0 Å². The smallest absolute Gasteiger partial charge is 0.308 e. The number of esters is 1. The fourth-order valence-electron chi connectivity index (χ4n) is 0.555. The summed E-state index contributed by atoms with van der Waals surface area (Å²) < 4.78 is 9.49. The number of carbonyl (C=O) groups is 1. The van der Waals surface area contributed by atoms with E-state index >= 15 is 0 Å². The number of rotatable bonds is 6. The van der Waals surface area contributed by atoms with Gasteiger partial charge in [0.05, 0.1) is 32.8 Å². The van der Waals surface area contributed by atoms with Crippen molar-refractivity contribution in [1.82, 2.24) is 0 Å². The van der Waals surface area contributed by atoms with E-state index in [1.807, 2.05) is 0 Å².